The molecule has 112 valence electrons. The molecule has 0 spiro atoms. The number of rotatable bonds is 4. The topological polar surface area (TPSA) is 74.7 Å². The van der Waals surface area contributed by atoms with Crippen LogP contribution in [-0.2, 0) is 10.0 Å². The zero-order valence-electron chi connectivity index (χ0n) is 11.6. The highest BCUT2D eigenvalue weighted by atomic mass is 32.2. The molecule has 0 aliphatic heterocycles. The van der Waals surface area contributed by atoms with E-state index in [1.165, 1.54) is 15.8 Å². The summed E-state index contributed by atoms with van der Waals surface area (Å²) in [4.78, 5) is 11.0. The van der Waals surface area contributed by atoms with Crippen molar-refractivity contribution in [2.75, 3.05) is 7.05 Å². The number of aromatic carboxylic acids is 1. The van der Waals surface area contributed by atoms with Crippen LogP contribution in [0.2, 0.25) is 0 Å². The highest BCUT2D eigenvalue weighted by Gasteiger charge is 2.33. The molecule has 1 fully saturated rings. The molecule has 1 aromatic rings. The summed E-state index contributed by atoms with van der Waals surface area (Å²) in [6, 6.07) is 1.24. The third-order valence-electron chi connectivity index (χ3n) is 4.00. The van der Waals surface area contributed by atoms with Gasteiger partial charge >= 0.3 is 5.97 Å². The smallest absolute Gasteiger partial charge is 0.345 e. The SMILES string of the molecule is CC1CCCCC1N(C)S(=O)(=O)c1csc(C(=O)O)c1. The van der Waals surface area contributed by atoms with Crippen LogP contribution in [0.25, 0.3) is 0 Å². The highest BCUT2D eigenvalue weighted by molar-refractivity contribution is 7.89. The Morgan fingerprint density at radius 3 is 2.60 bits per heavy atom. The first-order valence-electron chi connectivity index (χ1n) is 6.64. The summed E-state index contributed by atoms with van der Waals surface area (Å²) in [5, 5.41) is 10.3. The summed E-state index contributed by atoms with van der Waals surface area (Å²) in [5.74, 6) is -0.758. The van der Waals surface area contributed by atoms with E-state index in [0.29, 0.717) is 5.92 Å². The molecule has 7 heteroatoms. The Hall–Kier alpha value is -0.920. The van der Waals surface area contributed by atoms with Crippen LogP contribution in [-0.4, -0.2) is 36.9 Å². The highest BCUT2D eigenvalue weighted by Crippen LogP contribution is 2.31. The average Bonchev–Trinajstić information content (AvgIpc) is 2.89. The van der Waals surface area contributed by atoms with E-state index in [9.17, 15) is 13.2 Å². The van der Waals surface area contributed by atoms with Crippen molar-refractivity contribution in [3.63, 3.8) is 0 Å². The second-order valence-corrected chi connectivity index (χ2v) is 8.21. The monoisotopic (exact) mass is 317 g/mol. The number of thiophene rings is 1. The van der Waals surface area contributed by atoms with Gasteiger partial charge in [-0.15, -0.1) is 11.3 Å². The molecule has 0 saturated heterocycles. The van der Waals surface area contributed by atoms with Crippen LogP contribution in [0, 0.1) is 5.92 Å². The van der Waals surface area contributed by atoms with Gasteiger partial charge in [-0.25, -0.2) is 13.2 Å². The fourth-order valence-corrected chi connectivity index (χ4v) is 5.33. The zero-order chi connectivity index (χ0) is 14.9. The molecule has 20 heavy (non-hydrogen) atoms. The normalized spacial score (nSPS) is 23.9. The Morgan fingerprint density at radius 1 is 1.40 bits per heavy atom. The van der Waals surface area contributed by atoms with Gasteiger partial charge in [0.15, 0.2) is 0 Å². The lowest BCUT2D eigenvalue weighted by molar-refractivity contribution is 0.0702. The number of carboxylic acids is 1. The molecule has 1 aliphatic rings. The van der Waals surface area contributed by atoms with Crippen molar-refractivity contribution in [3.8, 4) is 0 Å². The molecule has 0 radical (unpaired) electrons. The van der Waals surface area contributed by atoms with Crippen molar-refractivity contribution in [1.82, 2.24) is 4.31 Å². The standard InChI is InChI=1S/C13H19NO4S2/c1-9-5-3-4-6-11(9)14(2)20(17,18)10-7-12(13(15)16)19-8-10/h7-9,11H,3-6H2,1-2H3,(H,15,16). The van der Waals surface area contributed by atoms with E-state index in [1.54, 1.807) is 7.05 Å². The summed E-state index contributed by atoms with van der Waals surface area (Å²) in [5.41, 5.74) is 0. The van der Waals surface area contributed by atoms with Gasteiger partial charge in [0.05, 0.1) is 4.90 Å². The maximum atomic E-state index is 12.6. The fourth-order valence-electron chi connectivity index (χ4n) is 2.75. The molecule has 0 amide bonds. The molecule has 2 atom stereocenters. The first-order chi connectivity index (χ1) is 9.34. The summed E-state index contributed by atoms with van der Waals surface area (Å²) in [6.45, 7) is 2.08. The van der Waals surface area contributed by atoms with Crippen LogP contribution in [0.5, 0.6) is 0 Å². The molecule has 5 nitrogen and oxygen atoms in total. The van der Waals surface area contributed by atoms with E-state index in [-0.39, 0.29) is 15.8 Å². The number of hydrogen-bond donors (Lipinski definition) is 1. The van der Waals surface area contributed by atoms with Gasteiger partial charge in [-0.3, -0.25) is 0 Å². The van der Waals surface area contributed by atoms with Gasteiger partial charge in [-0.2, -0.15) is 4.31 Å². The lowest BCUT2D eigenvalue weighted by Gasteiger charge is -2.35. The average molecular weight is 317 g/mol. The third kappa shape index (κ3) is 2.89. The minimum Gasteiger partial charge on any atom is -0.477 e. The Balaban J connectivity index is 2.26. The van der Waals surface area contributed by atoms with E-state index in [1.807, 2.05) is 0 Å². The van der Waals surface area contributed by atoms with Crippen molar-refractivity contribution >= 4 is 27.3 Å². The lowest BCUT2D eigenvalue weighted by atomic mass is 9.86. The number of hydrogen-bond acceptors (Lipinski definition) is 4. The van der Waals surface area contributed by atoms with Gasteiger partial charge in [-0.1, -0.05) is 19.8 Å². The summed E-state index contributed by atoms with van der Waals surface area (Å²) < 4.78 is 26.5. The van der Waals surface area contributed by atoms with Gasteiger partial charge in [0.1, 0.15) is 4.88 Å². The van der Waals surface area contributed by atoms with Crippen molar-refractivity contribution in [3.05, 3.63) is 16.3 Å². The molecule has 1 aromatic heterocycles. The number of sulfonamides is 1. The molecule has 1 heterocycles. The molecule has 1 saturated carbocycles. The van der Waals surface area contributed by atoms with Gasteiger partial charge in [-0.05, 0) is 24.8 Å². The quantitative estimate of drug-likeness (QED) is 0.926. The van der Waals surface area contributed by atoms with Crippen molar-refractivity contribution in [1.29, 1.82) is 0 Å². The van der Waals surface area contributed by atoms with Crippen molar-refractivity contribution in [2.24, 2.45) is 5.92 Å². The minimum atomic E-state index is -3.60. The summed E-state index contributed by atoms with van der Waals surface area (Å²) >= 11 is 0.944. The van der Waals surface area contributed by atoms with Crippen LogP contribution in [0.15, 0.2) is 16.3 Å². The van der Waals surface area contributed by atoms with Gasteiger partial charge in [0, 0.05) is 18.5 Å². The van der Waals surface area contributed by atoms with Crippen LogP contribution >= 0.6 is 11.3 Å². The Bertz CT molecular complexity index is 593. The number of nitrogens with zero attached hydrogens (tertiary/aromatic N) is 1. The van der Waals surface area contributed by atoms with Gasteiger partial charge in [0.2, 0.25) is 10.0 Å². The van der Waals surface area contributed by atoms with E-state index in [4.69, 9.17) is 5.11 Å². The second kappa shape index (κ2) is 5.83. The van der Waals surface area contributed by atoms with Crippen LogP contribution in [0.1, 0.15) is 42.3 Å². The molecule has 0 bridgehead atoms. The third-order valence-corrected chi connectivity index (χ3v) is 6.92. The second-order valence-electron chi connectivity index (χ2n) is 5.30. The predicted octanol–water partition coefficient (Wildman–Crippen LogP) is 2.65. The minimum absolute atomic E-state index is 0.00179. The maximum absolute atomic E-state index is 12.6. The van der Waals surface area contributed by atoms with Gasteiger partial charge in [0.25, 0.3) is 0 Å². The number of carboxylic acid groups (broad SMARTS) is 1. The van der Waals surface area contributed by atoms with Crippen molar-refractivity contribution in [2.45, 2.75) is 43.5 Å². The fraction of sp³-hybridized carbons (Fsp3) is 0.615. The summed E-state index contributed by atoms with van der Waals surface area (Å²) in [7, 11) is -2.01. The predicted molar refractivity (Wildman–Crippen MR) is 77.6 cm³/mol. The van der Waals surface area contributed by atoms with E-state index >= 15 is 0 Å². The Labute approximate surface area is 123 Å². The molecule has 0 aromatic carbocycles. The van der Waals surface area contributed by atoms with E-state index in [2.05, 4.69) is 6.92 Å². The van der Waals surface area contributed by atoms with E-state index in [0.717, 1.165) is 37.0 Å². The van der Waals surface area contributed by atoms with Crippen molar-refractivity contribution < 1.29 is 18.3 Å². The van der Waals surface area contributed by atoms with Crippen LogP contribution < -0.4 is 0 Å². The summed E-state index contributed by atoms with van der Waals surface area (Å²) in [6.07, 6.45) is 4.09. The lowest BCUT2D eigenvalue weighted by Crippen LogP contribution is -2.42. The molecular formula is C13H19NO4S2. The Kier molecular flexibility index (Phi) is 4.51. The first kappa shape index (κ1) is 15.5. The first-order valence-corrected chi connectivity index (χ1v) is 8.96. The molecular weight excluding hydrogens is 298 g/mol. The number of carbonyl (C=O) groups is 1. The molecule has 1 N–H and O–H groups in total. The van der Waals surface area contributed by atoms with Crippen LogP contribution in [0.4, 0.5) is 0 Å². The molecule has 2 unspecified atom stereocenters. The zero-order valence-corrected chi connectivity index (χ0v) is 13.2. The Morgan fingerprint density at radius 2 is 2.05 bits per heavy atom. The maximum Gasteiger partial charge on any atom is 0.345 e. The van der Waals surface area contributed by atoms with Crippen LogP contribution in [0.3, 0.4) is 0 Å². The molecule has 2 rings (SSSR count). The molecule has 1 aliphatic carbocycles. The largest absolute Gasteiger partial charge is 0.477 e. The van der Waals surface area contributed by atoms with Gasteiger partial charge < -0.3 is 5.11 Å². The van der Waals surface area contributed by atoms with E-state index < -0.39 is 16.0 Å².